The SMILES string of the molecule is Cc1cc(C#N)cc(C)c1Oc1ccnc(Nc2ccc(N3CCN(S(C)(=O)=O)CC3)cc2)n1. The number of hydrogen-bond acceptors (Lipinski definition) is 8. The zero-order valence-electron chi connectivity index (χ0n) is 19.3. The van der Waals surface area contributed by atoms with Gasteiger partial charge in [0.15, 0.2) is 0 Å². The summed E-state index contributed by atoms with van der Waals surface area (Å²) < 4.78 is 30.9. The lowest BCUT2D eigenvalue weighted by atomic mass is 10.1. The van der Waals surface area contributed by atoms with Gasteiger partial charge >= 0.3 is 0 Å². The number of ether oxygens (including phenoxy) is 1. The molecule has 0 aliphatic carbocycles. The highest BCUT2D eigenvalue weighted by Crippen LogP contribution is 2.29. The van der Waals surface area contributed by atoms with E-state index in [2.05, 4.69) is 26.3 Å². The Morgan fingerprint density at radius 3 is 2.26 bits per heavy atom. The predicted octanol–water partition coefficient (Wildman–Crippen LogP) is 3.58. The van der Waals surface area contributed by atoms with Crippen LogP contribution in [-0.4, -0.2) is 55.1 Å². The molecule has 9 nitrogen and oxygen atoms in total. The summed E-state index contributed by atoms with van der Waals surface area (Å²) in [4.78, 5) is 10.9. The summed E-state index contributed by atoms with van der Waals surface area (Å²) in [6, 6.07) is 15.2. The highest BCUT2D eigenvalue weighted by atomic mass is 32.2. The second-order valence-corrected chi connectivity index (χ2v) is 10.2. The van der Waals surface area contributed by atoms with Gasteiger partial charge in [-0.05, 0) is 61.4 Å². The van der Waals surface area contributed by atoms with Gasteiger partial charge in [-0.3, -0.25) is 0 Å². The first kappa shape index (κ1) is 23.5. The van der Waals surface area contributed by atoms with E-state index in [1.54, 1.807) is 24.4 Å². The number of piperazine rings is 1. The summed E-state index contributed by atoms with van der Waals surface area (Å²) in [5.74, 6) is 1.47. The molecular weight excluding hydrogens is 452 g/mol. The van der Waals surface area contributed by atoms with Crippen molar-refractivity contribution in [2.24, 2.45) is 0 Å². The van der Waals surface area contributed by atoms with Crippen LogP contribution in [0.3, 0.4) is 0 Å². The molecule has 1 N–H and O–H groups in total. The molecule has 1 aliphatic heterocycles. The van der Waals surface area contributed by atoms with Crippen molar-refractivity contribution in [2.75, 3.05) is 42.7 Å². The normalized spacial score (nSPS) is 14.5. The topological polar surface area (TPSA) is 111 Å². The second kappa shape index (κ2) is 9.67. The third-order valence-corrected chi connectivity index (χ3v) is 6.93. The zero-order valence-corrected chi connectivity index (χ0v) is 20.1. The van der Waals surface area contributed by atoms with Crippen molar-refractivity contribution in [3.8, 4) is 17.7 Å². The van der Waals surface area contributed by atoms with E-state index in [0.29, 0.717) is 49.3 Å². The Bertz CT molecular complexity index is 1300. The fourth-order valence-corrected chi connectivity index (χ4v) is 4.73. The molecule has 10 heteroatoms. The molecule has 0 radical (unpaired) electrons. The number of nitrogens with zero attached hydrogens (tertiary/aromatic N) is 5. The fraction of sp³-hybridized carbons (Fsp3) is 0.292. The van der Waals surface area contributed by atoms with E-state index in [0.717, 1.165) is 22.5 Å². The Morgan fingerprint density at radius 2 is 1.68 bits per heavy atom. The highest BCUT2D eigenvalue weighted by Gasteiger charge is 2.23. The Labute approximate surface area is 199 Å². The van der Waals surface area contributed by atoms with Crippen LogP contribution < -0.4 is 15.0 Å². The monoisotopic (exact) mass is 478 g/mol. The van der Waals surface area contributed by atoms with E-state index in [1.165, 1.54) is 10.6 Å². The van der Waals surface area contributed by atoms with Gasteiger partial charge in [-0.1, -0.05) is 0 Å². The minimum atomic E-state index is -3.14. The molecule has 4 rings (SSSR count). The van der Waals surface area contributed by atoms with Crippen molar-refractivity contribution in [2.45, 2.75) is 13.8 Å². The van der Waals surface area contributed by atoms with E-state index in [4.69, 9.17) is 10.00 Å². The molecule has 1 fully saturated rings. The van der Waals surface area contributed by atoms with E-state index in [9.17, 15) is 8.42 Å². The number of nitriles is 1. The third kappa shape index (κ3) is 5.44. The summed E-state index contributed by atoms with van der Waals surface area (Å²) >= 11 is 0. The van der Waals surface area contributed by atoms with Crippen molar-refractivity contribution in [3.63, 3.8) is 0 Å². The number of aromatic nitrogens is 2. The maximum atomic E-state index is 11.7. The number of hydrogen-bond donors (Lipinski definition) is 1. The minimum absolute atomic E-state index is 0.397. The van der Waals surface area contributed by atoms with Crippen LogP contribution in [0.5, 0.6) is 11.6 Å². The fourth-order valence-electron chi connectivity index (χ4n) is 3.90. The summed E-state index contributed by atoms with van der Waals surface area (Å²) in [7, 11) is -3.14. The van der Waals surface area contributed by atoms with Crippen LogP contribution >= 0.6 is 0 Å². The van der Waals surface area contributed by atoms with Crippen molar-refractivity contribution in [3.05, 3.63) is 65.4 Å². The van der Waals surface area contributed by atoms with E-state index in [-0.39, 0.29) is 0 Å². The van der Waals surface area contributed by atoms with Gasteiger partial charge in [-0.15, -0.1) is 0 Å². The van der Waals surface area contributed by atoms with Gasteiger partial charge in [0.1, 0.15) is 5.75 Å². The minimum Gasteiger partial charge on any atom is -0.438 e. The summed E-state index contributed by atoms with van der Waals surface area (Å²) in [5.41, 5.74) is 4.16. The summed E-state index contributed by atoms with van der Waals surface area (Å²) in [6.45, 7) is 6.06. The van der Waals surface area contributed by atoms with Gasteiger partial charge in [0.05, 0.1) is 17.9 Å². The maximum Gasteiger partial charge on any atom is 0.230 e. The molecule has 1 aliphatic rings. The van der Waals surface area contributed by atoms with E-state index < -0.39 is 10.0 Å². The van der Waals surface area contributed by atoms with Gasteiger partial charge in [-0.25, -0.2) is 13.4 Å². The molecule has 0 amide bonds. The molecule has 0 spiro atoms. The van der Waals surface area contributed by atoms with Gasteiger partial charge in [0.2, 0.25) is 21.9 Å². The van der Waals surface area contributed by atoms with Crippen LogP contribution in [0.1, 0.15) is 16.7 Å². The van der Waals surface area contributed by atoms with Crippen molar-refractivity contribution >= 4 is 27.3 Å². The lowest BCUT2D eigenvalue weighted by Gasteiger charge is -2.34. The van der Waals surface area contributed by atoms with E-state index >= 15 is 0 Å². The maximum absolute atomic E-state index is 11.7. The highest BCUT2D eigenvalue weighted by molar-refractivity contribution is 7.88. The molecule has 1 saturated heterocycles. The van der Waals surface area contributed by atoms with Gasteiger partial charge in [0.25, 0.3) is 0 Å². The Kier molecular flexibility index (Phi) is 6.68. The number of sulfonamides is 1. The Morgan fingerprint density at radius 1 is 1.03 bits per heavy atom. The smallest absolute Gasteiger partial charge is 0.230 e. The number of nitrogens with one attached hydrogen (secondary N) is 1. The average molecular weight is 479 g/mol. The predicted molar refractivity (Wildman–Crippen MR) is 131 cm³/mol. The average Bonchev–Trinajstić information content (AvgIpc) is 2.81. The number of aryl methyl sites for hydroxylation is 2. The lowest BCUT2D eigenvalue weighted by molar-refractivity contribution is 0.388. The second-order valence-electron chi connectivity index (χ2n) is 8.19. The Balaban J connectivity index is 1.42. The zero-order chi connectivity index (χ0) is 24.3. The lowest BCUT2D eigenvalue weighted by Crippen LogP contribution is -2.48. The standard InChI is InChI=1S/C24H26N6O3S/c1-17-14-19(16-25)15-18(2)23(17)33-22-8-9-26-24(28-22)27-20-4-6-21(7-5-20)29-10-12-30(13-11-29)34(3,31)32/h4-9,14-15H,10-13H2,1-3H3,(H,26,27,28). The van der Waals surface area contributed by atoms with Crippen molar-refractivity contribution in [1.82, 2.24) is 14.3 Å². The molecule has 1 aromatic heterocycles. The first-order valence-electron chi connectivity index (χ1n) is 10.8. The van der Waals surface area contributed by atoms with Gasteiger partial charge in [0, 0.05) is 49.8 Å². The molecule has 2 aromatic carbocycles. The van der Waals surface area contributed by atoms with E-state index in [1.807, 2.05) is 38.1 Å². The first-order valence-corrected chi connectivity index (χ1v) is 12.7. The van der Waals surface area contributed by atoms with Gasteiger partial charge in [-0.2, -0.15) is 14.6 Å². The van der Waals surface area contributed by atoms with Crippen LogP contribution in [0.4, 0.5) is 17.3 Å². The van der Waals surface area contributed by atoms with Crippen LogP contribution in [0.2, 0.25) is 0 Å². The largest absolute Gasteiger partial charge is 0.438 e. The summed E-state index contributed by atoms with van der Waals surface area (Å²) in [5, 5.41) is 12.3. The van der Waals surface area contributed by atoms with Crippen molar-refractivity contribution < 1.29 is 13.2 Å². The quantitative estimate of drug-likeness (QED) is 0.572. The third-order valence-electron chi connectivity index (χ3n) is 5.62. The van der Waals surface area contributed by atoms with Crippen LogP contribution in [0, 0.1) is 25.2 Å². The molecule has 0 atom stereocenters. The summed E-state index contributed by atoms with van der Waals surface area (Å²) in [6.07, 6.45) is 2.87. The molecular formula is C24H26N6O3S. The molecule has 2 heterocycles. The molecule has 34 heavy (non-hydrogen) atoms. The molecule has 0 bridgehead atoms. The van der Waals surface area contributed by atoms with Gasteiger partial charge < -0.3 is 15.0 Å². The molecule has 0 saturated carbocycles. The Hall–Kier alpha value is -3.68. The molecule has 3 aromatic rings. The molecule has 0 unspecified atom stereocenters. The van der Waals surface area contributed by atoms with Crippen LogP contribution in [0.25, 0.3) is 0 Å². The van der Waals surface area contributed by atoms with Crippen LogP contribution in [-0.2, 0) is 10.0 Å². The van der Waals surface area contributed by atoms with Crippen LogP contribution in [0.15, 0.2) is 48.7 Å². The first-order chi connectivity index (χ1) is 16.2. The number of rotatable bonds is 6. The van der Waals surface area contributed by atoms with Crippen molar-refractivity contribution in [1.29, 1.82) is 5.26 Å². The molecule has 176 valence electrons. The number of benzene rings is 2. The number of anilines is 3.